The van der Waals surface area contributed by atoms with Crippen LogP contribution < -0.4 is 20.1 Å². The number of nitrogens with zero attached hydrogens (tertiary/aromatic N) is 1. The third-order valence-electron chi connectivity index (χ3n) is 4.07. The number of ether oxygens (including phenoxy) is 2. The maximum Gasteiger partial charge on any atom is 0.387 e. The van der Waals surface area contributed by atoms with Crippen LogP contribution in [0.15, 0.2) is 53.5 Å². The minimum Gasteiger partial charge on any atom is -0.488 e. The quantitative estimate of drug-likeness (QED) is 0.370. The van der Waals surface area contributed by atoms with Crippen molar-refractivity contribution in [2.45, 2.75) is 25.7 Å². The van der Waals surface area contributed by atoms with Crippen molar-refractivity contribution < 1.29 is 18.3 Å². The largest absolute Gasteiger partial charge is 0.488 e. The number of aliphatic imine (C=N–C) groups is 1. The summed E-state index contributed by atoms with van der Waals surface area (Å²) in [4.78, 5) is 4.15. The minimum atomic E-state index is -2.85. The van der Waals surface area contributed by atoms with E-state index in [9.17, 15) is 8.78 Å². The summed E-state index contributed by atoms with van der Waals surface area (Å²) in [6.45, 7) is -1.95. The predicted molar refractivity (Wildman–Crippen MR) is 111 cm³/mol. The van der Waals surface area contributed by atoms with Crippen molar-refractivity contribution in [2.75, 3.05) is 13.6 Å². The molecule has 2 aromatic rings. The molecular weight excluding hydrogens is 467 g/mol. The summed E-state index contributed by atoms with van der Waals surface area (Å²) in [6.07, 6.45) is 0.867. The third kappa shape index (κ3) is 5.95. The monoisotopic (exact) mass is 489 g/mol. The van der Waals surface area contributed by atoms with Crippen molar-refractivity contribution in [1.82, 2.24) is 10.6 Å². The van der Waals surface area contributed by atoms with E-state index in [0.717, 1.165) is 12.2 Å². The molecule has 0 bridgehead atoms. The summed E-state index contributed by atoms with van der Waals surface area (Å²) in [7, 11) is 1.65. The fourth-order valence-corrected chi connectivity index (χ4v) is 2.84. The molecule has 0 saturated heterocycles. The molecule has 2 N–H and O–H groups in total. The zero-order valence-corrected chi connectivity index (χ0v) is 17.2. The second kappa shape index (κ2) is 10.3. The van der Waals surface area contributed by atoms with Crippen LogP contribution in [0.1, 0.15) is 11.1 Å². The standard InChI is InChI=1S/C19H21F2N3O2.HI/c1-22-19(23-11-14-7-3-5-9-17(14)26-18(20)21)24-12-15-10-13-6-2-4-8-16(13)25-15;/h2-9,15,18H,10-12H2,1H3,(H2,22,23,24);1H. The number of halogens is 3. The maximum atomic E-state index is 12.5. The highest BCUT2D eigenvalue weighted by Crippen LogP contribution is 2.27. The maximum absolute atomic E-state index is 12.5. The van der Waals surface area contributed by atoms with Crippen molar-refractivity contribution in [1.29, 1.82) is 0 Å². The van der Waals surface area contributed by atoms with Crippen molar-refractivity contribution in [3.63, 3.8) is 0 Å². The molecule has 1 heterocycles. The van der Waals surface area contributed by atoms with Crippen molar-refractivity contribution >= 4 is 29.9 Å². The van der Waals surface area contributed by atoms with Crippen molar-refractivity contribution in [3.8, 4) is 11.5 Å². The number of nitrogens with one attached hydrogen (secondary N) is 2. The molecule has 0 amide bonds. The van der Waals surface area contributed by atoms with E-state index in [-0.39, 0.29) is 35.8 Å². The first-order chi connectivity index (χ1) is 12.7. The van der Waals surface area contributed by atoms with E-state index < -0.39 is 6.61 Å². The lowest BCUT2D eigenvalue weighted by Gasteiger charge is -2.16. The third-order valence-corrected chi connectivity index (χ3v) is 4.07. The molecule has 1 unspecified atom stereocenters. The van der Waals surface area contributed by atoms with Crippen LogP contribution >= 0.6 is 24.0 Å². The van der Waals surface area contributed by atoms with Gasteiger partial charge >= 0.3 is 6.61 Å². The Kier molecular flexibility index (Phi) is 8.08. The number of fused-ring (bicyclic) bond motifs is 1. The van der Waals surface area contributed by atoms with Crippen LogP contribution in [0, 0.1) is 0 Å². The summed E-state index contributed by atoms with van der Waals surface area (Å²) >= 11 is 0. The van der Waals surface area contributed by atoms with Gasteiger partial charge < -0.3 is 20.1 Å². The highest BCUT2D eigenvalue weighted by atomic mass is 127. The number of benzene rings is 2. The van der Waals surface area contributed by atoms with Gasteiger partial charge in [0.2, 0.25) is 0 Å². The first kappa shape index (κ1) is 21.2. The highest BCUT2D eigenvalue weighted by Gasteiger charge is 2.22. The van der Waals surface area contributed by atoms with Crippen LogP contribution in [-0.2, 0) is 13.0 Å². The lowest BCUT2D eigenvalue weighted by molar-refractivity contribution is -0.0504. The van der Waals surface area contributed by atoms with Gasteiger partial charge in [-0.3, -0.25) is 4.99 Å². The normalized spacial score (nSPS) is 15.6. The summed E-state index contributed by atoms with van der Waals surface area (Å²) in [5.41, 5.74) is 1.82. The Morgan fingerprint density at radius 1 is 1.19 bits per heavy atom. The number of para-hydroxylation sites is 2. The van der Waals surface area contributed by atoms with Gasteiger partial charge in [-0.2, -0.15) is 8.78 Å². The summed E-state index contributed by atoms with van der Waals surface area (Å²) in [5, 5.41) is 6.30. The molecule has 0 saturated carbocycles. The summed E-state index contributed by atoms with van der Waals surface area (Å²) in [5.74, 6) is 1.64. The lowest BCUT2D eigenvalue weighted by atomic mass is 10.1. The van der Waals surface area contributed by atoms with E-state index in [1.165, 1.54) is 11.6 Å². The smallest absolute Gasteiger partial charge is 0.387 e. The van der Waals surface area contributed by atoms with Gasteiger partial charge in [-0.1, -0.05) is 36.4 Å². The van der Waals surface area contributed by atoms with Crippen LogP contribution in [0.25, 0.3) is 0 Å². The SMILES string of the molecule is CN=C(NCc1ccccc1OC(F)F)NCC1Cc2ccccc2O1.I. The molecule has 1 aliphatic rings. The summed E-state index contributed by atoms with van der Waals surface area (Å²) < 4.78 is 35.4. The number of hydrogen-bond donors (Lipinski definition) is 2. The van der Waals surface area contributed by atoms with E-state index in [2.05, 4.69) is 26.4 Å². The number of hydrogen-bond acceptors (Lipinski definition) is 3. The zero-order valence-electron chi connectivity index (χ0n) is 14.8. The Morgan fingerprint density at radius 2 is 1.93 bits per heavy atom. The van der Waals surface area contributed by atoms with E-state index in [4.69, 9.17) is 4.74 Å². The van der Waals surface area contributed by atoms with Crippen molar-refractivity contribution in [2.24, 2.45) is 4.99 Å². The summed E-state index contributed by atoms with van der Waals surface area (Å²) in [6, 6.07) is 14.6. The van der Waals surface area contributed by atoms with Gasteiger partial charge in [0, 0.05) is 25.6 Å². The Balaban J connectivity index is 0.00000261. The van der Waals surface area contributed by atoms with Crippen LogP contribution in [0.3, 0.4) is 0 Å². The van der Waals surface area contributed by atoms with E-state index in [1.54, 1.807) is 25.2 Å². The minimum absolute atomic E-state index is 0. The predicted octanol–water partition coefficient (Wildman–Crippen LogP) is 3.57. The fourth-order valence-electron chi connectivity index (χ4n) is 2.84. The van der Waals surface area contributed by atoms with Crippen LogP contribution in [0.5, 0.6) is 11.5 Å². The molecular formula is C19H22F2IN3O2. The van der Waals surface area contributed by atoms with E-state index in [0.29, 0.717) is 24.6 Å². The van der Waals surface area contributed by atoms with Gasteiger partial charge in [0.25, 0.3) is 0 Å². The Bertz CT molecular complexity index is 749. The molecule has 3 rings (SSSR count). The Labute approximate surface area is 174 Å². The molecule has 1 atom stereocenters. The van der Waals surface area contributed by atoms with Gasteiger partial charge in [-0.15, -0.1) is 24.0 Å². The van der Waals surface area contributed by atoms with Gasteiger partial charge in [-0.05, 0) is 17.7 Å². The molecule has 146 valence electrons. The van der Waals surface area contributed by atoms with Crippen LogP contribution in [-0.4, -0.2) is 32.3 Å². The van der Waals surface area contributed by atoms with Gasteiger partial charge in [0.15, 0.2) is 5.96 Å². The number of rotatable bonds is 6. The molecule has 0 spiro atoms. The Morgan fingerprint density at radius 3 is 2.67 bits per heavy atom. The molecule has 0 aromatic heterocycles. The molecule has 8 heteroatoms. The van der Waals surface area contributed by atoms with Crippen molar-refractivity contribution in [3.05, 3.63) is 59.7 Å². The average molecular weight is 489 g/mol. The van der Waals surface area contributed by atoms with E-state index in [1.807, 2.05) is 18.2 Å². The lowest BCUT2D eigenvalue weighted by Crippen LogP contribution is -2.42. The molecule has 0 fully saturated rings. The van der Waals surface area contributed by atoms with Gasteiger partial charge in [0.05, 0.1) is 6.54 Å². The molecule has 0 radical (unpaired) electrons. The zero-order chi connectivity index (χ0) is 18.4. The molecule has 2 aromatic carbocycles. The molecule has 27 heavy (non-hydrogen) atoms. The first-order valence-electron chi connectivity index (χ1n) is 8.37. The first-order valence-corrected chi connectivity index (χ1v) is 8.37. The average Bonchev–Trinajstić information content (AvgIpc) is 3.05. The molecule has 5 nitrogen and oxygen atoms in total. The highest BCUT2D eigenvalue weighted by molar-refractivity contribution is 14.0. The topological polar surface area (TPSA) is 54.9 Å². The van der Waals surface area contributed by atoms with Gasteiger partial charge in [0.1, 0.15) is 17.6 Å². The Hall–Kier alpha value is -2.10. The molecule has 1 aliphatic heterocycles. The number of alkyl halides is 2. The van der Waals surface area contributed by atoms with E-state index >= 15 is 0 Å². The van der Waals surface area contributed by atoms with Gasteiger partial charge in [-0.25, -0.2) is 0 Å². The number of guanidine groups is 1. The second-order valence-corrected chi connectivity index (χ2v) is 5.84. The van der Waals surface area contributed by atoms with Crippen LogP contribution in [0.4, 0.5) is 8.78 Å². The second-order valence-electron chi connectivity index (χ2n) is 5.84. The molecule has 0 aliphatic carbocycles. The fraction of sp³-hybridized carbons (Fsp3) is 0.316. The van der Waals surface area contributed by atoms with Crippen LogP contribution in [0.2, 0.25) is 0 Å².